The molecule has 4 nitrogen and oxygen atoms in total. The maximum Gasteiger partial charge on any atom is 0.337 e. The van der Waals surface area contributed by atoms with Crippen molar-refractivity contribution in [3.05, 3.63) is 23.4 Å². The molecule has 0 radical (unpaired) electrons. The molecule has 18 heavy (non-hydrogen) atoms. The number of pyridine rings is 1. The molecule has 1 unspecified atom stereocenters. The Kier molecular flexibility index (Phi) is 4.47. The molecule has 0 amide bonds. The molecular weight excluding hydrogens is 248 g/mol. The molecule has 1 aliphatic heterocycles. The van der Waals surface area contributed by atoms with Gasteiger partial charge in [-0.1, -0.05) is 6.42 Å². The van der Waals surface area contributed by atoms with E-state index in [0.29, 0.717) is 10.9 Å². The largest absolute Gasteiger partial charge is 0.478 e. The minimum atomic E-state index is -0.922. The Morgan fingerprint density at radius 3 is 3.00 bits per heavy atom. The second-order valence-corrected chi connectivity index (χ2v) is 5.91. The molecular formula is C13H18N2O2S. The van der Waals surface area contributed by atoms with Gasteiger partial charge in [0.15, 0.2) is 0 Å². The molecule has 2 heterocycles. The zero-order valence-electron chi connectivity index (χ0n) is 10.5. The highest BCUT2D eigenvalue weighted by atomic mass is 32.2. The number of carboxylic acid groups (broad SMARTS) is 1. The van der Waals surface area contributed by atoms with Gasteiger partial charge >= 0.3 is 5.97 Å². The number of anilines is 1. The number of aromatic nitrogens is 1. The van der Waals surface area contributed by atoms with Gasteiger partial charge in [0, 0.05) is 11.8 Å². The van der Waals surface area contributed by atoms with E-state index in [1.807, 2.05) is 11.8 Å². The van der Waals surface area contributed by atoms with Crippen LogP contribution in [0.3, 0.4) is 0 Å². The molecule has 5 heteroatoms. The van der Waals surface area contributed by atoms with E-state index in [1.54, 1.807) is 19.1 Å². The van der Waals surface area contributed by atoms with Crippen molar-refractivity contribution in [3.63, 3.8) is 0 Å². The molecule has 1 aromatic heterocycles. The maximum atomic E-state index is 10.9. The van der Waals surface area contributed by atoms with E-state index in [9.17, 15) is 4.79 Å². The number of carboxylic acids is 1. The molecule has 0 aliphatic carbocycles. The monoisotopic (exact) mass is 266 g/mol. The highest BCUT2D eigenvalue weighted by molar-refractivity contribution is 7.99. The van der Waals surface area contributed by atoms with Crippen molar-refractivity contribution in [1.82, 2.24) is 4.98 Å². The Morgan fingerprint density at radius 1 is 1.56 bits per heavy atom. The minimum absolute atomic E-state index is 0.271. The number of aromatic carboxylic acids is 1. The van der Waals surface area contributed by atoms with Gasteiger partial charge < -0.3 is 10.4 Å². The average Bonchev–Trinajstić information content (AvgIpc) is 2.37. The first kappa shape index (κ1) is 13.2. The molecule has 2 rings (SSSR count). The van der Waals surface area contributed by atoms with Crippen LogP contribution >= 0.6 is 11.8 Å². The number of nitrogens with zero attached hydrogens (tertiary/aromatic N) is 1. The van der Waals surface area contributed by atoms with E-state index in [0.717, 1.165) is 12.4 Å². The average molecular weight is 266 g/mol. The summed E-state index contributed by atoms with van der Waals surface area (Å²) < 4.78 is 0. The summed E-state index contributed by atoms with van der Waals surface area (Å²) in [6.07, 6.45) is 3.89. The van der Waals surface area contributed by atoms with Gasteiger partial charge in [0.25, 0.3) is 0 Å². The third-order valence-electron chi connectivity index (χ3n) is 3.10. The summed E-state index contributed by atoms with van der Waals surface area (Å²) in [7, 11) is 0. The van der Waals surface area contributed by atoms with Crippen molar-refractivity contribution in [2.45, 2.75) is 31.4 Å². The van der Waals surface area contributed by atoms with Crippen LogP contribution in [0.4, 0.5) is 5.82 Å². The summed E-state index contributed by atoms with van der Waals surface area (Å²) in [5.41, 5.74) is 0.830. The van der Waals surface area contributed by atoms with Crippen molar-refractivity contribution in [1.29, 1.82) is 0 Å². The second-order valence-electron chi connectivity index (χ2n) is 4.50. The van der Waals surface area contributed by atoms with Gasteiger partial charge in [-0.15, -0.1) is 0 Å². The maximum absolute atomic E-state index is 10.9. The number of hydrogen-bond donors (Lipinski definition) is 2. The molecule has 0 aromatic carbocycles. The van der Waals surface area contributed by atoms with E-state index in [-0.39, 0.29) is 5.56 Å². The van der Waals surface area contributed by atoms with E-state index < -0.39 is 5.97 Å². The van der Waals surface area contributed by atoms with Gasteiger partial charge in [0.2, 0.25) is 0 Å². The van der Waals surface area contributed by atoms with Crippen LogP contribution < -0.4 is 5.32 Å². The quantitative estimate of drug-likeness (QED) is 0.877. The zero-order chi connectivity index (χ0) is 13.0. The highest BCUT2D eigenvalue weighted by Crippen LogP contribution is 2.25. The van der Waals surface area contributed by atoms with Gasteiger partial charge in [-0.3, -0.25) is 0 Å². The van der Waals surface area contributed by atoms with Crippen LogP contribution in [0.15, 0.2) is 12.1 Å². The molecule has 98 valence electrons. The lowest BCUT2D eigenvalue weighted by molar-refractivity contribution is 0.0695. The van der Waals surface area contributed by atoms with Gasteiger partial charge in [0.05, 0.1) is 11.3 Å². The van der Waals surface area contributed by atoms with Crippen molar-refractivity contribution in [3.8, 4) is 0 Å². The summed E-state index contributed by atoms with van der Waals surface area (Å²) in [4.78, 5) is 15.2. The van der Waals surface area contributed by atoms with E-state index >= 15 is 0 Å². The van der Waals surface area contributed by atoms with Gasteiger partial charge in [-0.2, -0.15) is 11.8 Å². The Balaban J connectivity index is 1.93. The number of rotatable bonds is 4. The van der Waals surface area contributed by atoms with Crippen LogP contribution in [-0.4, -0.2) is 33.6 Å². The lowest BCUT2D eigenvalue weighted by Gasteiger charge is -2.21. The van der Waals surface area contributed by atoms with Crippen molar-refractivity contribution >= 4 is 23.5 Å². The Morgan fingerprint density at radius 2 is 2.39 bits per heavy atom. The lowest BCUT2D eigenvalue weighted by Crippen LogP contribution is -2.20. The molecule has 1 fully saturated rings. The number of nitrogens with one attached hydrogen (secondary N) is 1. The van der Waals surface area contributed by atoms with Crippen molar-refractivity contribution < 1.29 is 9.90 Å². The van der Waals surface area contributed by atoms with E-state index in [4.69, 9.17) is 5.11 Å². The summed E-state index contributed by atoms with van der Waals surface area (Å²) in [6.45, 7) is 2.63. The minimum Gasteiger partial charge on any atom is -0.478 e. The SMILES string of the molecule is Cc1nc(NCC2CCCCS2)ccc1C(=O)O. The topological polar surface area (TPSA) is 62.2 Å². The fourth-order valence-corrected chi connectivity index (χ4v) is 3.31. The molecule has 1 aromatic rings. The van der Waals surface area contributed by atoms with Gasteiger partial charge in [-0.05, 0) is 37.7 Å². The highest BCUT2D eigenvalue weighted by Gasteiger charge is 2.14. The van der Waals surface area contributed by atoms with Gasteiger partial charge in [-0.25, -0.2) is 9.78 Å². The Labute approximate surface area is 111 Å². The predicted octanol–water partition coefficient (Wildman–Crippen LogP) is 2.79. The normalized spacial score (nSPS) is 19.5. The Hall–Kier alpha value is -1.23. The zero-order valence-corrected chi connectivity index (χ0v) is 11.3. The van der Waals surface area contributed by atoms with Crippen molar-refractivity contribution in [2.24, 2.45) is 0 Å². The standard InChI is InChI=1S/C13H18N2O2S/c1-9-11(13(16)17)5-6-12(15-9)14-8-10-4-2-3-7-18-10/h5-6,10H,2-4,7-8H2,1H3,(H,14,15)(H,16,17). The molecule has 1 saturated heterocycles. The molecule has 0 bridgehead atoms. The summed E-state index contributed by atoms with van der Waals surface area (Å²) in [6, 6.07) is 3.35. The first-order valence-electron chi connectivity index (χ1n) is 6.23. The van der Waals surface area contributed by atoms with Crippen LogP contribution in [0.2, 0.25) is 0 Å². The smallest absolute Gasteiger partial charge is 0.337 e. The van der Waals surface area contributed by atoms with Gasteiger partial charge in [0.1, 0.15) is 5.82 Å². The number of hydrogen-bond acceptors (Lipinski definition) is 4. The fourth-order valence-electron chi connectivity index (χ4n) is 2.07. The third-order valence-corrected chi connectivity index (χ3v) is 4.50. The van der Waals surface area contributed by atoms with Crippen LogP contribution in [0, 0.1) is 6.92 Å². The number of carbonyl (C=O) groups is 1. The molecule has 0 saturated carbocycles. The fraction of sp³-hybridized carbons (Fsp3) is 0.538. The summed E-state index contributed by atoms with van der Waals surface area (Å²) in [5.74, 6) is 1.09. The van der Waals surface area contributed by atoms with Crippen LogP contribution in [0.5, 0.6) is 0 Å². The Bertz CT molecular complexity index is 431. The first-order valence-corrected chi connectivity index (χ1v) is 7.28. The number of aryl methyl sites for hydroxylation is 1. The van der Waals surface area contributed by atoms with E-state index in [2.05, 4.69) is 10.3 Å². The second kappa shape index (κ2) is 6.09. The molecule has 2 N–H and O–H groups in total. The van der Waals surface area contributed by atoms with Crippen LogP contribution in [-0.2, 0) is 0 Å². The summed E-state index contributed by atoms with van der Waals surface area (Å²) in [5, 5.41) is 12.9. The summed E-state index contributed by atoms with van der Waals surface area (Å²) >= 11 is 2.01. The molecule has 1 aliphatic rings. The predicted molar refractivity (Wildman–Crippen MR) is 74.5 cm³/mol. The van der Waals surface area contributed by atoms with Crippen LogP contribution in [0.25, 0.3) is 0 Å². The number of thioether (sulfide) groups is 1. The molecule has 1 atom stereocenters. The van der Waals surface area contributed by atoms with E-state index in [1.165, 1.54) is 25.0 Å². The van der Waals surface area contributed by atoms with Crippen molar-refractivity contribution in [2.75, 3.05) is 17.6 Å². The first-order chi connectivity index (χ1) is 8.66. The lowest BCUT2D eigenvalue weighted by atomic mass is 10.2. The third kappa shape index (κ3) is 3.38. The molecule has 0 spiro atoms. The van der Waals surface area contributed by atoms with Crippen LogP contribution in [0.1, 0.15) is 35.3 Å².